The van der Waals surface area contributed by atoms with Crippen LogP contribution in [-0.2, 0) is 0 Å². The number of anilines is 1. The number of hydrogen-bond donors (Lipinski definition) is 1. The SMILES string of the molecule is CC(Nc1cc(F)c(F)c(F)c1)c1ccc(F)c(Cl)c1. The molecule has 1 atom stereocenters. The number of benzene rings is 2. The average Bonchev–Trinajstić information content (AvgIpc) is 2.39. The van der Waals surface area contributed by atoms with Crippen molar-refractivity contribution in [2.24, 2.45) is 0 Å². The molecule has 0 aliphatic heterocycles. The van der Waals surface area contributed by atoms with Gasteiger partial charge in [-0.25, -0.2) is 17.6 Å². The van der Waals surface area contributed by atoms with Crippen molar-refractivity contribution in [3.05, 3.63) is 64.2 Å². The summed E-state index contributed by atoms with van der Waals surface area (Å²) in [7, 11) is 0. The van der Waals surface area contributed by atoms with Gasteiger partial charge in [-0.05, 0) is 24.6 Å². The van der Waals surface area contributed by atoms with Gasteiger partial charge in [-0.15, -0.1) is 0 Å². The lowest BCUT2D eigenvalue weighted by Crippen LogP contribution is -2.08. The molecule has 0 spiro atoms. The Labute approximate surface area is 118 Å². The fourth-order valence-electron chi connectivity index (χ4n) is 1.75. The Kier molecular flexibility index (Phi) is 4.18. The molecule has 0 fully saturated rings. The summed E-state index contributed by atoms with van der Waals surface area (Å²) in [5.74, 6) is -4.64. The van der Waals surface area contributed by atoms with Crippen LogP contribution in [0.5, 0.6) is 0 Å². The molecule has 2 rings (SSSR count). The predicted octanol–water partition coefficient (Wildman–Crippen LogP) is 5.07. The monoisotopic (exact) mass is 303 g/mol. The zero-order valence-corrected chi connectivity index (χ0v) is 11.1. The van der Waals surface area contributed by atoms with Crippen molar-refractivity contribution in [1.29, 1.82) is 0 Å². The van der Waals surface area contributed by atoms with Gasteiger partial charge in [-0.2, -0.15) is 0 Å². The fourth-order valence-corrected chi connectivity index (χ4v) is 1.94. The number of hydrogen-bond acceptors (Lipinski definition) is 1. The van der Waals surface area contributed by atoms with E-state index in [2.05, 4.69) is 5.32 Å². The van der Waals surface area contributed by atoms with Gasteiger partial charge in [-0.3, -0.25) is 0 Å². The molecule has 0 amide bonds. The quantitative estimate of drug-likeness (QED) is 0.616. The highest BCUT2D eigenvalue weighted by atomic mass is 35.5. The fraction of sp³-hybridized carbons (Fsp3) is 0.143. The van der Waals surface area contributed by atoms with Crippen LogP contribution in [0.25, 0.3) is 0 Å². The van der Waals surface area contributed by atoms with Crippen molar-refractivity contribution >= 4 is 17.3 Å². The summed E-state index contributed by atoms with van der Waals surface area (Å²) in [6.07, 6.45) is 0. The van der Waals surface area contributed by atoms with Crippen LogP contribution >= 0.6 is 11.6 Å². The molecule has 0 bridgehead atoms. The van der Waals surface area contributed by atoms with Crippen molar-refractivity contribution in [2.45, 2.75) is 13.0 Å². The molecule has 0 heterocycles. The maximum Gasteiger partial charge on any atom is 0.194 e. The van der Waals surface area contributed by atoms with Gasteiger partial charge in [0, 0.05) is 23.9 Å². The van der Waals surface area contributed by atoms with Crippen molar-refractivity contribution in [2.75, 3.05) is 5.32 Å². The Hall–Kier alpha value is -1.75. The topological polar surface area (TPSA) is 12.0 Å². The molecule has 0 aliphatic carbocycles. The van der Waals surface area contributed by atoms with Crippen LogP contribution in [0, 0.1) is 23.3 Å². The zero-order valence-electron chi connectivity index (χ0n) is 10.4. The van der Waals surface area contributed by atoms with Gasteiger partial charge in [0.2, 0.25) is 0 Å². The molecule has 20 heavy (non-hydrogen) atoms. The highest BCUT2D eigenvalue weighted by Gasteiger charge is 2.13. The lowest BCUT2D eigenvalue weighted by Gasteiger charge is -2.16. The molecular weight excluding hydrogens is 294 g/mol. The first kappa shape index (κ1) is 14.7. The molecule has 0 saturated carbocycles. The largest absolute Gasteiger partial charge is 0.378 e. The summed E-state index contributed by atoms with van der Waals surface area (Å²) in [6.45, 7) is 1.70. The second-order valence-electron chi connectivity index (χ2n) is 4.29. The van der Waals surface area contributed by atoms with Crippen LogP contribution in [0.4, 0.5) is 23.2 Å². The van der Waals surface area contributed by atoms with Crippen LogP contribution in [0.15, 0.2) is 30.3 Å². The van der Waals surface area contributed by atoms with Gasteiger partial charge in [-0.1, -0.05) is 17.7 Å². The second kappa shape index (κ2) is 5.71. The molecule has 1 unspecified atom stereocenters. The third-order valence-electron chi connectivity index (χ3n) is 2.81. The van der Waals surface area contributed by atoms with Crippen LogP contribution in [0.1, 0.15) is 18.5 Å². The van der Waals surface area contributed by atoms with E-state index < -0.39 is 29.3 Å². The number of halogens is 5. The smallest absolute Gasteiger partial charge is 0.194 e. The van der Waals surface area contributed by atoms with Crippen LogP contribution in [0.2, 0.25) is 5.02 Å². The minimum Gasteiger partial charge on any atom is -0.378 e. The van der Waals surface area contributed by atoms with Gasteiger partial charge in [0.15, 0.2) is 17.5 Å². The van der Waals surface area contributed by atoms with Gasteiger partial charge >= 0.3 is 0 Å². The molecule has 2 aromatic carbocycles. The summed E-state index contributed by atoms with van der Waals surface area (Å²) in [6, 6.07) is 5.40. The zero-order chi connectivity index (χ0) is 14.9. The highest BCUT2D eigenvalue weighted by Crippen LogP contribution is 2.25. The summed E-state index contributed by atoms with van der Waals surface area (Å²) in [5.41, 5.74) is 0.705. The lowest BCUT2D eigenvalue weighted by atomic mass is 10.1. The second-order valence-corrected chi connectivity index (χ2v) is 4.70. The van der Waals surface area contributed by atoms with Crippen molar-refractivity contribution in [3.8, 4) is 0 Å². The minimum atomic E-state index is -1.52. The Morgan fingerprint density at radius 1 is 0.950 bits per heavy atom. The summed E-state index contributed by atoms with van der Waals surface area (Å²) < 4.78 is 52.0. The Bertz CT molecular complexity index is 622. The number of rotatable bonds is 3. The Balaban J connectivity index is 2.23. The summed E-state index contributed by atoms with van der Waals surface area (Å²) in [5, 5.41) is 2.74. The molecule has 1 N–H and O–H groups in total. The van der Waals surface area contributed by atoms with E-state index in [0.29, 0.717) is 5.56 Å². The summed E-state index contributed by atoms with van der Waals surface area (Å²) in [4.78, 5) is 0. The Morgan fingerprint density at radius 2 is 1.55 bits per heavy atom. The maximum absolute atomic E-state index is 13.1. The van der Waals surface area contributed by atoms with Crippen molar-refractivity contribution < 1.29 is 17.6 Å². The van der Waals surface area contributed by atoms with Crippen LogP contribution in [-0.4, -0.2) is 0 Å². The molecule has 106 valence electrons. The molecule has 1 nitrogen and oxygen atoms in total. The van der Waals surface area contributed by atoms with Gasteiger partial charge in [0.1, 0.15) is 5.82 Å². The van der Waals surface area contributed by atoms with Gasteiger partial charge in [0.05, 0.1) is 5.02 Å². The first-order valence-corrected chi connectivity index (χ1v) is 6.12. The third kappa shape index (κ3) is 3.04. The minimum absolute atomic E-state index is 0.0485. The van der Waals surface area contributed by atoms with E-state index >= 15 is 0 Å². The average molecular weight is 304 g/mol. The predicted molar refractivity (Wildman–Crippen MR) is 69.8 cm³/mol. The van der Waals surface area contributed by atoms with E-state index in [-0.39, 0.29) is 10.7 Å². The maximum atomic E-state index is 13.1. The molecule has 2 aromatic rings. The lowest BCUT2D eigenvalue weighted by molar-refractivity contribution is 0.447. The number of nitrogens with one attached hydrogen (secondary N) is 1. The van der Waals surface area contributed by atoms with E-state index in [4.69, 9.17) is 11.6 Å². The highest BCUT2D eigenvalue weighted by molar-refractivity contribution is 6.30. The van der Waals surface area contributed by atoms with E-state index in [1.165, 1.54) is 18.2 Å². The summed E-state index contributed by atoms with van der Waals surface area (Å²) >= 11 is 5.66. The van der Waals surface area contributed by atoms with E-state index in [9.17, 15) is 17.6 Å². The van der Waals surface area contributed by atoms with Crippen molar-refractivity contribution in [3.63, 3.8) is 0 Å². The molecule has 0 aliphatic rings. The first-order valence-electron chi connectivity index (χ1n) is 5.74. The molecule has 0 radical (unpaired) electrons. The third-order valence-corrected chi connectivity index (χ3v) is 3.10. The van der Waals surface area contributed by atoms with Crippen LogP contribution < -0.4 is 5.32 Å². The molecule has 0 saturated heterocycles. The van der Waals surface area contributed by atoms with E-state index in [1.807, 2.05) is 0 Å². The van der Waals surface area contributed by atoms with E-state index in [1.54, 1.807) is 6.92 Å². The first-order chi connectivity index (χ1) is 9.38. The molecule has 6 heteroatoms. The standard InChI is InChI=1S/C14H10ClF4N/c1-7(8-2-3-11(16)10(15)4-8)20-9-5-12(17)14(19)13(18)6-9/h2-7,20H,1H3. The van der Waals surface area contributed by atoms with E-state index in [0.717, 1.165) is 12.1 Å². The molecule has 0 aromatic heterocycles. The van der Waals surface area contributed by atoms with Crippen molar-refractivity contribution in [1.82, 2.24) is 0 Å². The van der Waals surface area contributed by atoms with Gasteiger partial charge < -0.3 is 5.32 Å². The Morgan fingerprint density at radius 3 is 2.10 bits per heavy atom. The van der Waals surface area contributed by atoms with Gasteiger partial charge in [0.25, 0.3) is 0 Å². The molecular formula is C14H10ClF4N. The normalized spacial score (nSPS) is 12.3. The van der Waals surface area contributed by atoms with Crippen LogP contribution in [0.3, 0.4) is 0 Å².